The molecule has 4 nitrogen and oxygen atoms in total. The Balaban J connectivity index is 3.50. The minimum Gasteiger partial charge on any atom is -0.462 e. The van der Waals surface area contributed by atoms with Crippen LogP contribution in [0.15, 0.2) is 6.20 Å². The number of nitrogens with zero attached hydrogens (tertiary/aromatic N) is 1. The summed E-state index contributed by atoms with van der Waals surface area (Å²) in [7, 11) is 0. The van der Waals surface area contributed by atoms with Gasteiger partial charge in [0.1, 0.15) is 5.56 Å². The number of halogens is 6. The zero-order valence-electron chi connectivity index (χ0n) is 10.5. The predicted molar refractivity (Wildman–Crippen MR) is 64.5 cm³/mol. The molecule has 0 amide bonds. The molecule has 0 N–H and O–H groups in total. The van der Waals surface area contributed by atoms with Gasteiger partial charge in [-0.3, -0.25) is 0 Å². The molecule has 0 spiro atoms. The largest absolute Gasteiger partial charge is 0.574 e. The van der Waals surface area contributed by atoms with E-state index >= 15 is 0 Å². The maximum absolute atomic E-state index is 13.1. The van der Waals surface area contributed by atoms with E-state index in [0.29, 0.717) is 0 Å². The Morgan fingerprint density at radius 3 is 2.48 bits per heavy atom. The summed E-state index contributed by atoms with van der Waals surface area (Å²) in [6.07, 6.45) is -7.60. The number of carbonyl (C=O) groups is 1. The van der Waals surface area contributed by atoms with Crippen LogP contribution in [-0.2, 0) is 10.1 Å². The van der Waals surface area contributed by atoms with Crippen LogP contribution in [0.3, 0.4) is 0 Å². The van der Waals surface area contributed by atoms with Crippen molar-refractivity contribution in [3.8, 4) is 5.88 Å². The second-order valence-corrected chi connectivity index (χ2v) is 4.14. The molecule has 0 unspecified atom stereocenters. The molecule has 10 heteroatoms. The van der Waals surface area contributed by atoms with E-state index in [1.807, 2.05) is 0 Å². The number of aromatic nitrogens is 1. The molecule has 0 aliphatic carbocycles. The van der Waals surface area contributed by atoms with Gasteiger partial charge in [0.25, 0.3) is 6.43 Å². The maximum atomic E-state index is 13.1. The van der Waals surface area contributed by atoms with Gasteiger partial charge in [-0.25, -0.2) is 18.6 Å². The van der Waals surface area contributed by atoms with Gasteiger partial charge in [0.05, 0.1) is 6.61 Å². The van der Waals surface area contributed by atoms with E-state index in [1.165, 1.54) is 6.92 Å². The van der Waals surface area contributed by atoms with Crippen LogP contribution in [0.5, 0.6) is 5.88 Å². The zero-order valence-corrected chi connectivity index (χ0v) is 12.1. The van der Waals surface area contributed by atoms with E-state index in [4.69, 9.17) is 0 Å². The third-order valence-corrected chi connectivity index (χ3v) is 2.83. The van der Waals surface area contributed by atoms with E-state index < -0.39 is 35.8 Å². The average molecular weight is 378 g/mol. The highest BCUT2D eigenvalue weighted by Crippen LogP contribution is 2.35. The van der Waals surface area contributed by atoms with Gasteiger partial charge in [-0.05, 0) is 12.5 Å². The molecule has 1 aromatic heterocycles. The number of alkyl halides is 6. The standard InChI is InChI=1S/C11H9BrF5NO3/c1-2-20-10(19)7-6(8(13)14)5(3-12)4-18-9(7)21-11(15,16)17/h4,8H,2-3H2,1H3. The Morgan fingerprint density at radius 2 is 2.05 bits per heavy atom. The molecule has 1 heterocycles. The highest BCUT2D eigenvalue weighted by molar-refractivity contribution is 9.08. The van der Waals surface area contributed by atoms with Crippen molar-refractivity contribution in [1.29, 1.82) is 0 Å². The lowest BCUT2D eigenvalue weighted by Crippen LogP contribution is -2.22. The summed E-state index contributed by atoms with van der Waals surface area (Å²) >= 11 is 2.90. The second-order valence-electron chi connectivity index (χ2n) is 3.58. The fraction of sp³-hybridized carbons (Fsp3) is 0.455. The lowest BCUT2D eigenvalue weighted by atomic mass is 10.1. The van der Waals surface area contributed by atoms with Gasteiger partial charge in [0.2, 0.25) is 5.88 Å². The molecule has 1 aromatic rings. The summed E-state index contributed by atoms with van der Waals surface area (Å²) < 4.78 is 71.0. The van der Waals surface area contributed by atoms with Crippen LogP contribution < -0.4 is 4.74 Å². The second kappa shape index (κ2) is 7.01. The number of rotatable bonds is 5. The number of ether oxygens (including phenoxy) is 2. The average Bonchev–Trinajstić information content (AvgIpc) is 2.36. The first kappa shape index (κ1) is 17.6. The quantitative estimate of drug-likeness (QED) is 0.442. The summed E-state index contributed by atoms with van der Waals surface area (Å²) in [6, 6.07) is 0. The lowest BCUT2D eigenvalue weighted by molar-refractivity contribution is -0.276. The zero-order chi connectivity index (χ0) is 16.2. The molecule has 0 saturated carbocycles. The molecule has 0 atom stereocenters. The Bertz CT molecular complexity index is 521. The number of hydrogen-bond acceptors (Lipinski definition) is 4. The first-order chi connectivity index (χ1) is 9.71. The van der Waals surface area contributed by atoms with Crippen molar-refractivity contribution in [3.05, 3.63) is 22.9 Å². The number of pyridine rings is 1. The number of carbonyl (C=O) groups excluding carboxylic acids is 1. The first-order valence-electron chi connectivity index (χ1n) is 5.50. The summed E-state index contributed by atoms with van der Waals surface area (Å²) in [5.41, 5.74) is -2.07. The van der Waals surface area contributed by atoms with Crippen LogP contribution in [0, 0.1) is 0 Å². The van der Waals surface area contributed by atoms with E-state index in [9.17, 15) is 26.7 Å². The summed E-state index contributed by atoms with van der Waals surface area (Å²) in [4.78, 5) is 15.0. The fourth-order valence-electron chi connectivity index (χ4n) is 1.49. The molecule has 0 aromatic carbocycles. The lowest BCUT2D eigenvalue weighted by Gasteiger charge is -2.16. The van der Waals surface area contributed by atoms with E-state index in [-0.39, 0.29) is 17.5 Å². The van der Waals surface area contributed by atoms with Gasteiger partial charge in [0, 0.05) is 17.1 Å². The Morgan fingerprint density at radius 1 is 1.43 bits per heavy atom. The molecule has 0 bridgehead atoms. The van der Waals surface area contributed by atoms with E-state index in [1.54, 1.807) is 0 Å². The van der Waals surface area contributed by atoms with Crippen molar-refractivity contribution in [2.75, 3.05) is 6.61 Å². The van der Waals surface area contributed by atoms with Crippen molar-refractivity contribution in [2.45, 2.75) is 25.0 Å². The molecule has 0 aliphatic heterocycles. The number of hydrogen-bond donors (Lipinski definition) is 0. The molecular weight excluding hydrogens is 369 g/mol. The summed E-state index contributed by atoms with van der Waals surface area (Å²) in [6.45, 7) is 1.18. The van der Waals surface area contributed by atoms with Crippen molar-refractivity contribution >= 4 is 21.9 Å². The summed E-state index contributed by atoms with van der Waals surface area (Å²) in [5, 5.41) is -0.127. The fourth-order valence-corrected chi connectivity index (χ4v) is 1.94. The van der Waals surface area contributed by atoms with Crippen LogP contribution >= 0.6 is 15.9 Å². The number of esters is 1. The Kier molecular flexibility index (Phi) is 5.87. The Hall–Kier alpha value is -1.45. The van der Waals surface area contributed by atoms with Gasteiger partial charge in [0.15, 0.2) is 0 Å². The molecule has 0 fully saturated rings. The third kappa shape index (κ3) is 4.51. The molecule has 0 aliphatic rings. The first-order valence-corrected chi connectivity index (χ1v) is 6.62. The van der Waals surface area contributed by atoms with Crippen LogP contribution in [0.1, 0.15) is 34.8 Å². The molecular formula is C11H9BrF5NO3. The van der Waals surface area contributed by atoms with Crippen LogP contribution in [0.4, 0.5) is 22.0 Å². The highest BCUT2D eigenvalue weighted by Gasteiger charge is 2.37. The normalized spacial score (nSPS) is 11.6. The minimum atomic E-state index is -5.18. The van der Waals surface area contributed by atoms with Gasteiger partial charge in [-0.1, -0.05) is 15.9 Å². The minimum absolute atomic E-state index is 0.127. The highest BCUT2D eigenvalue weighted by atomic mass is 79.9. The van der Waals surface area contributed by atoms with Gasteiger partial charge in [-0.2, -0.15) is 0 Å². The van der Waals surface area contributed by atoms with Crippen LogP contribution in [0.25, 0.3) is 0 Å². The van der Waals surface area contributed by atoms with Gasteiger partial charge in [-0.15, -0.1) is 13.2 Å². The van der Waals surface area contributed by atoms with E-state index in [0.717, 1.165) is 6.20 Å². The monoisotopic (exact) mass is 377 g/mol. The molecule has 0 saturated heterocycles. The van der Waals surface area contributed by atoms with Gasteiger partial charge >= 0.3 is 12.3 Å². The van der Waals surface area contributed by atoms with Crippen LogP contribution in [0.2, 0.25) is 0 Å². The maximum Gasteiger partial charge on any atom is 0.574 e. The van der Waals surface area contributed by atoms with E-state index in [2.05, 4.69) is 30.4 Å². The smallest absolute Gasteiger partial charge is 0.462 e. The predicted octanol–water partition coefficient (Wildman–Crippen LogP) is 3.99. The van der Waals surface area contributed by atoms with Crippen molar-refractivity contribution in [1.82, 2.24) is 4.98 Å². The van der Waals surface area contributed by atoms with Crippen molar-refractivity contribution < 1.29 is 36.2 Å². The van der Waals surface area contributed by atoms with Crippen molar-refractivity contribution in [3.63, 3.8) is 0 Å². The topological polar surface area (TPSA) is 48.4 Å². The Labute approximate surface area is 124 Å². The molecule has 21 heavy (non-hydrogen) atoms. The summed E-state index contributed by atoms with van der Waals surface area (Å²) in [5.74, 6) is -2.62. The molecule has 118 valence electrons. The van der Waals surface area contributed by atoms with Gasteiger partial charge < -0.3 is 9.47 Å². The van der Waals surface area contributed by atoms with Crippen LogP contribution in [-0.4, -0.2) is 23.9 Å². The third-order valence-electron chi connectivity index (χ3n) is 2.22. The SMILES string of the molecule is CCOC(=O)c1c(OC(F)(F)F)ncc(CBr)c1C(F)F. The van der Waals surface area contributed by atoms with Crippen molar-refractivity contribution in [2.24, 2.45) is 0 Å². The molecule has 1 rings (SSSR count). The molecule has 0 radical (unpaired) electrons.